The zero-order chi connectivity index (χ0) is 14.4. The molecule has 0 bridgehead atoms. The van der Waals surface area contributed by atoms with Gasteiger partial charge in [-0.2, -0.15) is 0 Å². The SMILES string of the molecule is CC(C)[C@@H](CCO)NC(=O)Nc1ccc(F)cc1Br. The Kier molecular flexibility index (Phi) is 6.24. The van der Waals surface area contributed by atoms with Crippen LogP contribution in [0.3, 0.4) is 0 Å². The molecule has 1 rings (SSSR count). The third kappa shape index (κ3) is 5.16. The van der Waals surface area contributed by atoms with Gasteiger partial charge in [0, 0.05) is 17.1 Å². The monoisotopic (exact) mass is 332 g/mol. The summed E-state index contributed by atoms with van der Waals surface area (Å²) in [5.74, 6) is -0.160. The first-order valence-electron chi connectivity index (χ1n) is 6.07. The van der Waals surface area contributed by atoms with E-state index in [9.17, 15) is 9.18 Å². The predicted molar refractivity (Wildman–Crippen MR) is 76.6 cm³/mol. The highest BCUT2D eigenvalue weighted by Gasteiger charge is 2.16. The number of carbonyl (C=O) groups is 1. The Bertz CT molecular complexity index is 441. The van der Waals surface area contributed by atoms with E-state index >= 15 is 0 Å². The van der Waals surface area contributed by atoms with Gasteiger partial charge in [-0.1, -0.05) is 13.8 Å². The van der Waals surface area contributed by atoms with E-state index in [1.165, 1.54) is 18.2 Å². The summed E-state index contributed by atoms with van der Waals surface area (Å²) < 4.78 is 13.4. The van der Waals surface area contributed by atoms with Crippen LogP contribution in [0.5, 0.6) is 0 Å². The maximum Gasteiger partial charge on any atom is 0.319 e. The Morgan fingerprint density at radius 2 is 2.16 bits per heavy atom. The second-order valence-electron chi connectivity index (χ2n) is 4.59. The van der Waals surface area contributed by atoms with Crippen molar-refractivity contribution in [3.05, 3.63) is 28.5 Å². The van der Waals surface area contributed by atoms with Gasteiger partial charge in [0.05, 0.1) is 5.69 Å². The number of hydrogen-bond acceptors (Lipinski definition) is 2. The molecule has 0 saturated heterocycles. The van der Waals surface area contributed by atoms with Gasteiger partial charge in [0.1, 0.15) is 5.82 Å². The number of aliphatic hydroxyl groups excluding tert-OH is 1. The Morgan fingerprint density at radius 1 is 1.47 bits per heavy atom. The molecule has 4 nitrogen and oxygen atoms in total. The Morgan fingerprint density at radius 3 is 2.68 bits per heavy atom. The van der Waals surface area contributed by atoms with Crippen molar-refractivity contribution >= 4 is 27.6 Å². The lowest BCUT2D eigenvalue weighted by atomic mass is 10.0. The first kappa shape index (κ1) is 15.9. The van der Waals surface area contributed by atoms with Crippen molar-refractivity contribution in [1.29, 1.82) is 0 Å². The van der Waals surface area contributed by atoms with E-state index in [0.717, 1.165) is 0 Å². The lowest BCUT2D eigenvalue weighted by molar-refractivity contribution is 0.227. The average molecular weight is 333 g/mol. The highest BCUT2D eigenvalue weighted by molar-refractivity contribution is 9.10. The van der Waals surface area contributed by atoms with Gasteiger partial charge >= 0.3 is 6.03 Å². The topological polar surface area (TPSA) is 61.4 Å². The van der Waals surface area contributed by atoms with E-state index in [0.29, 0.717) is 16.6 Å². The van der Waals surface area contributed by atoms with Crippen LogP contribution in [0.1, 0.15) is 20.3 Å². The van der Waals surface area contributed by atoms with Crippen LogP contribution in [0.4, 0.5) is 14.9 Å². The number of carbonyl (C=O) groups excluding carboxylic acids is 1. The summed E-state index contributed by atoms with van der Waals surface area (Å²) >= 11 is 3.18. The van der Waals surface area contributed by atoms with Crippen molar-refractivity contribution in [2.45, 2.75) is 26.3 Å². The third-order valence-electron chi connectivity index (χ3n) is 2.74. The van der Waals surface area contributed by atoms with E-state index in [1.807, 2.05) is 13.8 Å². The summed E-state index contributed by atoms with van der Waals surface area (Å²) in [6.07, 6.45) is 0.496. The van der Waals surface area contributed by atoms with Crippen molar-refractivity contribution in [2.24, 2.45) is 5.92 Å². The van der Waals surface area contributed by atoms with Gasteiger partial charge in [-0.05, 0) is 46.5 Å². The summed E-state index contributed by atoms with van der Waals surface area (Å²) in [5, 5.41) is 14.4. The minimum atomic E-state index is -0.377. The first-order chi connectivity index (χ1) is 8.93. The van der Waals surface area contributed by atoms with Crippen molar-refractivity contribution in [2.75, 3.05) is 11.9 Å². The Balaban J connectivity index is 2.63. The van der Waals surface area contributed by atoms with Crippen molar-refractivity contribution in [1.82, 2.24) is 5.32 Å². The first-order valence-corrected chi connectivity index (χ1v) is 6.86. The molecule has 0 aliphatic carbocycles. The Hall–Kier alpha value is -1.14. The Labute approximate surface area is 120 Å². The van der Waals surface area contributed by atoms with Crippen LogP contribution in [-0.4, -0.2) is 23.8 Å². The minimum absolute atomic E-state index is 0.0172. The van der Waals surface area contributed by atoms with Crippen LogP contribution in [0.25, 0.3) is 0 Å². The number of aliphatic hydroxyl groups is 1. The fraction of sp³-hybridized carbons (Fsp3) is 0.462. The van der Waals surface area contributed by atoms with Gasteiger partial charge < -0.3 is 15.7 Å². The van der Waals surface area contributed by atoms with Gasteiger partial charge in [-0.3, -0.25) is 0 Å². The normalized spacial score (nSPS) is 12.3. The number of rotatable bonds is 5. The molecule has 6 heteroatoms. The molecule has 0 saturated carbocycles. The molecule has 0 aliphatic rings. The fourth-order valence-electron chi connectivity index (χ4n) is 1.63. The number of nitrogens with one attached hydrogen (secondary N) is 2. The zero-order valence-corrected chi connectivity index (χ0v) is 12.5. The number of benzene rings is 1. The van der Waals surface area contributed by atoms with E-state index in [4.69, 9.17) is 5.11 Å². The van der Waals surface area contributed by atoms with Crippen LogP contribution in [0.2, 0.25) is 0 Å². The maximum absolute atomic E-state index is 12.9. The second kappa shape index (κ2) is 7.45. The molecule has 0 spiro atoms. The number of halogens is 2. The van der Waals surface area contributed by atoms with Gasteiger partial charge in [0.25, 0.3) is 0 Å². The molecule has 0 radical (unpaired) electrons. The molecule has 3 N–H and O–H groups in total. The molecule has 19 heavy (non-hydrogen) atoms. The molecular weight excluding hydrogens is 315 g/mol. The van der Waals surface area contributed by atoms with Crippen molar-refractivity contribution < 1.29 is 14.3 Å². The largest absolute Gasteiger partial charge is 0.396 e. The molecule has 0 fully saturated rings. The third-order valence-corrected chi connectivity index (χ3v) is 3.40. The molecule has 106 valence electrons. The number of urea groups is 1. The summed E-state index contributed by atoms with van der Waals surface area (Å²) in [5.41, 5.74) is 0.491. The van der Waals surface area contributed by atoms with Gasteiger partial charge in [0.15, 0.2) is 0 Å². The summed E-state index contributed by atoms with van der Waals surface area (Å²) in [4.78, 5) is 11.8. The summed E-state index contributed by atoms with van der Waals surface area (Å²) in [6.45, 7) is 3.95. The van der Waals surface area contributed by atoms with E-state index in [1.54, 1.807) is 0 Å². The number of anilines is 1. The lowest BCUT2D eigenvalue weighted by Gasteiger charge is -2.21. The second-order valence-corrected chi connectivity index (χ2v) is 5.44. The molecule has 0 aliphatic heterocycles. The molecular formula is C13H18BrFN2O2. The van der Waals surface area contributed by atoms with Crippen LogP contribution in [0, 0.1) is 11.7 Å². The highest BCUT2D eigenvalue weighted by atomic mass is 79.9. The van der Waals surface area contributed by atoms with Crippen LogP contribution in [-0.2, 0) is 0 Å². The maximum atomic E-state index is 12.9. The predicted octanol–water partition coefficient (Wildman–Crippen LogP) is 3.12. The molecule has 1 aromatic carbocycles. The standard InChI is InChI=1S/C13H18BrFN2O2/c1-8(2)11(5-6-18)16-13(19)17-12-4-3-9(15)7-10(12)14/h3-4,7-8,11,18H,5-6H2,1-2H3,(H2,16,17,19)/t11-/m1/s1. The quantitative estimate of drug-likeness (QED) is 0.775. The van der Waals surface area contributed by atoms with Crippen molar-refractivity contribution in [3.63, 3.8) is 0 Å². The molecule has 1 atom stereocenters. The molecule has 1 aromatic rings. The molecule has 0 heterocycles. The number of hydrogen-bond donors (Lipinski definition) is 3. The van der Waals surface area contributed by atoms with Gasteiger partial charge in [-0.25, -0.2) is 9.18 Å². The highest BCUT2D eigenvalue weighted by Crippen LogP contribution is 2.23. The van der Waals surface area contributed by atoms with E-state index in [2.05, 4.69) is 26.6 Å². The van der Waals surface area contributed by atoms with Crippen LogP contribution >= 0.6 is 15.9 Å². The van der Waals surface area contributed by atoms with Gasteiger partial charge in [-0.15, -0.1) is 0 Å². The lowest BCUT2D eigenvalue weighted by Crippen LogP contribution is -2.41. The fourth-order valence-corrected chi connectivity index (χ4v) is 2.08. The number of amides is 2. The van der Waals surface area contributed by atoms with E-state index in [-0.39, 0.29) is 30.4 Å². The van der Waals surface area contributed by atoms with Crippen molar-refractivity contribution in [3.8, 4) is 0 Å². The molecule has 0 unspecified atom stereocenters. The van der Waals surface area contributed by atoms with Gasteiger partial charge in [0.2, 0.25) is 0 Å². The summed E-state index contributed by atoms with van der Waals surface area (Å²) in [7, 11) is 0. The zero-order valence-electron chi connectivity index (χ0n) is 10.9. The van der Waals surface area contributed by atoms with E-state index < -0.39 is 0 Å². The smallest absolute Gasteiger partial charge is 0.319 e. The average Bonchev–Trinajstić information content (AvgIpc) is 2.32. The van der Waals surface area contributed by atoms with Crippen LogP contribution in [0.15, 0.2) is 22.7 Å². The van der Waals surface area contributed by atoms with Crippen LogP contribution < -0.4 is 10.6 Å². The molecule has 0 aromatic heterocycles. The molecule has 2 amide bonds. The minimum Gasteiger partial charge on any atom is -0.396 e. The summed E-state index contributed by atoms with van der Waals surface area (Å²) in [6, 6.07) is 3.55.